The molecular weight excluding hydrogens is 374 g/mol. The van der Waals surface area contributed by atoms with Gasteiger partial charge in [0.15, 0.2) is 11.5 Å². The van der Waals surface area contributed by atoms with Gasteiger partial charge in [0, 0.05) is 16.6 Å². The van der Waals surface area contributed by atoms with Crippen molar-refractivity contribution in [3.05, 3.63) is 46.8 Å². The fourth-order valence-electron chi connectivity index (χ4n) is 2.67. The first-order valence-corrected chi connectivity index (χ1v) is 9.10. The number of imidazole rings is 1. The Bertz CT molecular complexity index is 1110. The molecule has 0 unspecified atom stereocenters. The lowest BCUT2D eigenvalue weighted by Gasteiger charge is -2.05. The van der Waals surface area contributed by atoms with Crippen molar-refractivity contribution in [2.45, 2.75) is 13.0 Å². The van der Waals surface area contributed by atoms with Crippen molar-refractivity contribution < 1.29 is 9.53 Å². The third-order valence-corrected chi connectivity index (χ3v) is 5.58. The number of halogens is 1. The highest BCUT2D eigenvalue weighted by atomic mass is 35.5. The van der Waals surface area contributed by atoms with Gasteiger partial charge in [-0.15, -0.1) is 11.3 Å². The van der Waals surface area contributed by atoms with Gasteiger partial charge >= 0.3 is 5.97 Å². The molecule has 132 valence electrons. The summed E-state index contributed by atoms with van der Waals surface area (Å²) in [6.45, 7) is 0.865. The second kappa shape index (κ2) is 6.89. The zero-order valence-corrected chi connectivity index (χ0v) is 15.1. The molecule has 0 aliphatic rings. The molecule has 0 amide bonds. The number of esters is 1. The number of nitrogens with two attached hydrogens (primary N) is 1. The highest BCUT2D eigenvalue weighted by Crippen LogP contribution is 2.35. The third-order valence-electron chi connectivity index (χ3n) is 3.93. The quantitative estimate of drug-likeness (QED) is 0.415. The average molecular weight is 388 g/mol. The monoisotopic (exact) mass is 387 g/mol. The molecule has 1 aromatic carbocycles. The molecule has 3 aromatic heterocycles. The van der Waals surface area contributed by atoms with Crippen molar-refractivity contribution in [3.8, 4) is 0 Å². The Labute approximate surface area is 157 Å². The number of hydrogen-bond donors (Lipinski definition) is 1. The van der Waals surface area contributed by atoms with Crippen LogP contribution in [0.25, 0.3) is 21.3 Å². The lowest BCUT2D eigenvalue weighted by Crippen LogP contribution is -2.08. The van der Waals surface area contributed by atoms with Gasteiger partial charge in [0.25, 0.3) is 0 Å². The van der Waals surface area contributed by atoms with Crippen molar-refractivity contribution in [2.24, 2.45) is 0 Å². The first-order valence-electron chi connectivity index (χ1n) is 7.90. The predicted molar refractivity (Wildman–Crippen MR) is 101 cm³/mol. The van der Waals surface area contributed by atoms with Crippen molar-refractivity contribution in [1.82, 2.24) is 19.5 Å². The highest BCUT2D eigenvalue weighted by Gasteiger charge is 2.18. The molecule has 7 nitrogen and oxygen atoms in total. The molecule has 0 saturated heterocycles. The summed E-state index contributed by atoms with van der Waals surface area (Å²) in [7, 11) is 0. The first kappa shape index (κ1) is 16.7. The summed E-state index contributed by atoms with van der Waals surface area (Å²) >= 11 is 7.64. The van der Waals surface area contributed by atoms with Gasteiger partial charge < -0.3 is 15.0 Å². The Hall–Kier alpha value is -2.71. The third kappa shape index (κ3) is 2.97. The average Bonchev–Trinajstić information content (AvgIpc) is 3.21. The van der Waals surface area contributed by atoms with Crippen LogP contribution in [-0.4, -0.2) is 32.1 Å². The van der Waals surface area contributed by atoms with E-state index in [0.29, 0.717) is 39.8 Å². The van der Waals surface area contributed by atoms with Gasteiger partial charge in [-0.05, 0) is 12.5 Å². The number of carbonyl (C=O) groups excluding carboxylic acids is 1. The van der Waals surface area contributed by atoms with Gasteiger partial charge in [-0.25, -0.2) is 19.7 Å². The zero-order chi connectivity index (χ0) is 18.1. The van der Waals surface area contributed by atoms with Gasteiger partial charge in [-0.1, -0.05) is 29.8 Å². The topological polar surface area (TPSA) is 95.9 Å². The Balaban J connectivity index is 1.39. The van der Waals surface area contributed by atoms with Crippen LogP contribution in [0, 0.1) is 0 Å². The number of aromatic nitrogens is 4. The minimum atomic E-state index is -0.404. The molecule has 0 spiro atoms. The number of carbonyl (C=O) groups is 1. The van der Waals surface area contributed by atoms with E-state index in [2.05, 4.69) is 15.0 Å². The number of nitrogens with zero attached hydrogens (tertiary/aromatic N) is 4. The fraction of sp³-hybridized carbons (Fsp3) is 0.176. The smallest absolute Gasteiger partial charge is 0.349 e. The summed E-state index contributed by atoms with van der Waals surface area (Å²) in [5.74, 6) is -0.0576. The molecule has 0 bridgehead atoms. The Morgan fingerprint density at radius 1 is 1.27 bits per heavy atom. The number of fused-ring (bicyclic) bond motifs is 2. The standard InChI is InChI=1S/C17H14ClN5O2S/c18-12-10-4-1-2-5-11(10)26-14(12)17(24)25-7-3-6-23-9-22-13-15(19)20-8-21-16(13)23/h1-2,4-5,8-9H,3,6-7H2,(H2,19,20,21). The number of anilines is 1. The van der Waals surface area contributed by atoms with E-state index in [4.69, 9.17) is 22.1 Å². The number of nitrogen functional groups attached to an aromatic ring is 1. The van der Waals surface area contributed by atoms with E-state index in [1.165, 1.54) is 17.7 Å². The lowest BCUT2D eigenvalue weighted by molar-refractivity contribution is 0.0502. The molecule has 4 aromatic rings. The summed E-state index contributed by atoms with van der Waals surface area (Å²) in [6, 6.07) is 7.63. The molecule has 0 atom stereocenters. The van der Waals surface area contributed by atoms with Gasteiger partial charge in [0.1, 0.15) is 16.7 Å². The second-order valence-electron chi connectivity index (χ2n) is 5.60. The molecule has 9 heteroatoms. The first-order chi connectivity index (χ1) is 12.6. The number of thiophene rings is 1. The maximum absolute atomic E-state index is 12.3. The van der Waals surface area contributed by atoms with Crippen LogP contribution in [0.5, 0.6) is 0 Å². The van der Waals surface area contributed by atoms with E-state index in [1.807, 2.05) is 28.8 Å². The van der Waals surface area contributed by atoms with E-state index in [-0.39, 0.29) is 6.61 Å². The Morgan fingerprint density at radius 2 is 2.12 bits per heavy atom. The minimum Gasteiger partial charge on any atom is -0.461 e. The van der Waals surface area contributed by atoms with Gasteiger partial charge in [-0.2, -0.15) is 0 Å². The highest BCUT2D eigenvalue weighted by molar-refractivity contribution is 7.21. The van der Waals surface area contributed by atoms with Crippen LogP contribution in [-0.2, 0) is 11.3 Å². The number of rotatable bonds is 5. The number of aryl methyl sites for hydroxylation is 1. The van der Waals surface area contributed by atoms with Crippen LogP contribution in [0.4, 0.5) is 5.82 Å². The van der Waals surface area contributed by atoms with Crippen LogP contribution in [0.3, 0.4) is 0 Å². The van der Waals surface area contributed by atoms with E-state index in [9.17, 15) is 4.79 Å². The number of ether oxygens (including phenoxy) is 1. The fourth-order valence-corrected chi connectivity index (χ4v) is 4.08. The molecule has 4 rings (SSSR count). The molecule has 0 fully saturated rings. The van der Waals surface area contributed by atoms with Crippen molar-refractivity contribution >= 4 is 56.0 Å². The maximum Gasteiger partial charge on any atom is 0.349 e. The van der Waals surface area contributed by atoms with Gasteiger partial charge in [0.2, 0.25) is 0 Å². The SMILES string of the molecule is Nc1ncnc2c1ncn2CCCOC(=O)c1sc2ccccc2c1Cl. The largest absolute Gasteiger partial charge is 0.461 e. The molecule has 0 radical (unpaired) electrons. The lowest BCUT2D eigenvalue weighted by atomic mass is 10.2. The summed E-state index contributed by atoms with van der Waals surface area (Å²) in [4.78, 5) is 25.0. The Kier molecular flexibility index (Phi) is 4.44. The molecule has 0 saturated carbocycles. The van der Waals surface area contributed by atoms with Crippen LogP contribution in [0.2, 0.25) is 5.02 Å². The van der Waals surface area contributed by atoms with E-state index >= 15 is 0 Å². The van der Waals surface area contributed by atoms with Crippen molar-refractivity contribution in [1.29, 1.82) is 0 Å². The molecular formula is C17H14ClN5O2S. The summed E-state index contributed by atoms with van der Waals surface area (Å²) in [5.41, 5.74) is 7.00. The van der Waals surface area contributed by atoms with Gasteiger partial charge in [0.05, 0.1) is 18.0 Å². The molecule has 0 aliphatic heterocycles. The summed E-state index contributed by atoms with van der Waals surface area (Å²) < 4.78 is 8.19. The molecule has 3 heterocycles. The normalized spacial score (nSPS) is 11.3. The minimum absolute atomic E-state index is 0.268. The molecule has 26 heavy (non-hydrogen) atoms. The van der Waals surface area contributed by atoms with Crippen molar-refractivity contribution in [3.63, 3.8) is 0 Å². The maximum atomic E-state index is 12.3. The summed E-state index contributed by atoms with van der Waals surface area (Å²) in [6.07, 6.45) is 3.67. The Morgan fingerprint density at radius 3 is 2.96 bits per heavy atom. The molecule has 0 aliphatic carbocycles. The molecule has 2 N–H and O–H groups in total. The number of benzene rings is 1. The van der Waals surface area contributed by atoms with E-state index in [0.717, 1.165) is 10.1 Å². The second-order valence-corrected chi connectivity index (χ2v) is 7.03. The van der Waals surface area contributed by atoms with Crippen LogP contribution >= 0.6 is 22.9 Å². The predicted octanol–water partition coefficient (Wildman–Crippen LogP) is 3.52. The van der Waals surface area contributed by atoms with E-state index < -0.39 is 5.97 Å². The van der Waals surface area contributed by atoms with Gasteiger partial charge in [-0.3, -0.25) is 0 Å². The van der Waals surface area contributed by atoms with E-state index in [1.54, 1.807) is 6.33 Å². The van der Waals surface area contributed by atoms with Crippen LogP contribution in [0.15, 0.2) is 36.9 Å². The van der Waals surface area contributed by atoms with Crippen LogP contribution in [0.1, 0.15) is 16.1 Å². The van der Waals surface area contributed by atoms with Crippen LogP contribution < -0.4 is 5.73 Å². The summed E-state index contributed by atoms with van der Waals surface area (Å²) in [5, 5.41) is 1.32. The zero-order valence-electron chi connectivity index (χ0n) is 13.6. The number of hydrogen-bond acceptors (Lipinski definition) is 7. The van der Waals surface area contributed by atoms with Crippen molar-refractivity contribution in [2.75, 3.05) is 12.3 Å².